The van der Waals surface area contributed by atoms with Crippen molar-refractivity contribution in [3.05, 3.63) is 0 Å². The molecular formula is C5H11Bi+2. The van der Waals surface area contributed by atoms with Gasteiger partial charge in [-0.3, -0.25) is 0 Å². The van der Waals surface area contributed by atoms with Crippen molar-refractivity contribution in [2.24, 2.45) is 5.41 Å². The van der Waals surface area contributed by atoms with Crippen LogP contribution in [0.5, 0.6) is 0 Å². The van der Waals surface area contributed by atoms with E-state index in [-0.39, 0.29) is 0 Å². The average Bonchev–Trinajstić information content (AvgIpc) is 1.35. The van der Waals surface area contributed by atoms with Crippen LogP contribution in [0, 0.1) is 5.41 Å². The molecule has 0 spiro atoms. The van der Waals surface area contributed by atoms with Crippen LogP contribution in [0.1, 0.15) is 20.8 Å². The molecule has 34 valence electrons. The molecule has 2 radical (unpaired) electrons. The van der Waals surface area contributed by atoms with Crippen LogP contribution in [0.2, 0.25) is 4.13 Å². The predicted molar refractivity (Wildman–Crippen MR) is 30.0 cm³/mol. The fraction of sp³-hybridized carbons (Fsp3) is 1.00. The number of rotatable bonds is 0. The number of hydrogen-bond donors (Lipinski definition) is 0. The Bertz CT molecular complexity index is 33.7. The van der Waals surface area contributed by atoms with Gasteiger partial charge in [0.15, 0.2) is 0 Å². The molecule has 1 heteroatoms. The van der Waals surface area contributed by atoms with Crippen LogP contribution in [0.4, 0.5) is 0 Å². The van der Waals surface area contributed by atoms with E-state index in [2.05, 4.69) is 20.8 Å². The third-order valence-corrected chi connectivity index (χ3v) is 4.16. The first-order valence-electron chi connectivity index (χ1n) is 2.17. The summed E-state index contributed by atoms with van der Waals surface area (Å²) in [4.78, 5) is 0. The summed E-state index contributed by atoms with van der Waals surface area (Å²) in [5.74, 6) is 0. The maximum atomic E-state index is 2.27. The molecule has 0 saturated carbocycles. The fourth-order valence-corrected chi connectivity index (χ4v) is 0. The van der Waals surface area contributed by atoms with Gasteiger partial charge in [-0.25, -0.2) is 0 Å². The molecule has 0 aromatic heterocycles. The third-order valence-electron chi connectivity index (χ3n) is 0.474. The van der Waals surface area contributed by atoms with Gasteiger partial charge in [-0.1, -0.05) is 0 Å². The van der Waals surface area contributed by atoms with E-state index in [1.807, 2.05) is 0 Å². The molecule has 0 nitrogen and oxygen atoms in total. The molecule has 6 heavy (non-hydrogen) atoms. The SMILES string of the molecule is CC(C)(C)[CH2][Bi+2]. The molecule has 0 N–H and O–H groups in total. The molecule has 0 saturated heterocycles. The molecule has 0 amide bonds. The Morgan fingerprint density at radius 2 is 1.50 bits per heavy atom. The summed E-state index contributed by atoms with van der Waals surface area (Å²) >= 11 is 1.52. The second-order valence-electron chi connectivity index (χ2n) is 2.72. The van der Waals surface area contributed by atoms with Gasteiger partial charge < -0.3 is 0 Å². The van der Waals surface area contributed by atoms with Crippen molar-refractivity contribution in [3.8, 4) is 0 Å². The standard InChI is InChI=1S/C5H11.Bi/c1-5(2,3)4;/h1H2,2-4H3;/q;+2. The summed E-state index contributed by atoms with van der Waals surface area (Å²) in [5, 5.41) is 0. The zero-order valence-electron chi connectivity index (χ0n) is 4.65. The van der Waals surface area contributed by atoms with E-state index in [1.165, 1.54) is 28.8 Å². The molecule has 0 unspecified atom stereocenters. The van der Waals surface area contributed by atoms with Crippen LogP contribution in [0.15, 0.2) is 0 Å². The van der Waals surface area contributed by atoms with Gasteiger partial charge >= 0.3 is 55.0 Å². The Labute approximate surface area is 55.2 Å². The molecular weight excluding hydrogens is 269 g/mol. The van der Waals surface area contributed by atoms with E-state index in [0.717, 1.165) is 0 Å². The molecule has 0 aliphatic carbocycles. The first-order valence-corrected chi connectivity index (χ1v) is 4.63. The molecule has 0 fully saturated rings. The average molecular weight is 280 g/mol. The van der Waals surface area contributed by atoms with Crippen molar-refractivity contribution in [2.45, 2.75) is 24.9 Å². The molecule has 0 heterocycles. The van der Waals surface area contributed by atoms with E-state index in [4.69, 9.17) is 0 Å². The van der Waals surface area contributed by atoms with E-state index in [0.29, 0.717) is 5.41 Å². The Hall–Kier alpha value is 0.883. The van der Waals surface area contributed by atoms with Gasteiger partial charge in [0.2, 0.25) is 0 Å². The van der Waals surface area contributed by atoms with Crippen molar-refractivity contribution < 1.29 is 0 Å². The van der Waals surface area contributed by atoms with Crippen LogP contribution in [0.25, 0.3) is 0 Å². The van der Waals surface area contributed by atoms with Crippen LogP contribution in [-0.2, 0) is 0 Å². The predicted octanol–water partition coefficient (Wildman–Crippen LogP) is 1.62. The van der Waals surface area contributed by atoms with Gasteiger partial charge in [-0.05, 0) is 0 Å². The minimum absolute atomic E-state index is 0.591. The van der Waals surface area contributed by atoms with Crippen LogP contribution >= 0.6 is 0 Å². The maximum absolute atomic E-state index is 2.27. The topological polar surface area (TPSA) is 0 Å². The first-order chi connectivity index (χ1) is 2.56. The van der Waals surface area contributed by atoms with Gasteiger partial charge in [-0.15, -0.1) is 0 Å². The fourth-order valence-electron chi connectivity index (χ4n) is 0. The summed E-state index contributed by atoms with van der Waals surface area (Å²) in [6.45, 7) is 6.81. The van der Waals surface area contributed by atoms with Crippen molar-refractivity contribution in [2.75, 3.05) is 0 Å². The minimum atomic E-state index is 0.591. The van der Waals surface area contributed by atoms with Gasteiger partial charge in [0.25, 0.3) is 0 Å². The van der Waals surface area contributed by atoms with E-state index < -0.39 is 0 Å². The Morgan fingerprint density at radius 1 is 1.33 bits per heavy atom. The van der Waals surface area contributed by atoms with E-state index in [1.54, 1.807) is 0 Å². The molecule has 0 aliphatic rings. The molecule has 0 aromatic rings. The van der Waals surface area contributed by atoms with E-state index in [9.17, 15) is 0 Å². The van der Waals surface area contributed by atoms with Crippen molar-refractivity contribution >= 4 is 24.7 Å². The van der Waals surface area contributed by atoms with Gasteiger partial charge in [-0.2, -0.15) is 0 Å². The van der Waals surface area contributed by atoms with Gasteiger partial charge in [0.05, 0.1) is 0 Å². The Balaban J connectivity index is 3.17. The van der Waals surface area contributed by atoms with Crippen LogP contribution in [0.3, 0.4) is 0 Å². The summed E-state index contributed by atoms with van der Waals surface area (Å²) in [5.41, 5.74) is 0.591. The van der Waals surface area contributed by atoms with Gasteiger partial charge in [0.1, 0.15) is 0 Å². The second-order valence-corrected chi connectivity index (χ2v) is 3.95. The summed E-state index contributed by atoms with van der Waals surface area (Å²) in [7, 11) is 0. The van der Waals surface area contributed by atoms with Crippen LogP contribution in [-0.4, -0.2) is 24.7 Å². The molecule has 0 aromatic carbocycles. The normalized spacial score (nSPS) is 11.8. The number of hydrogen-bond acceptors (Lipinski definition) is 0. The quantitative estimate of drug-likeness (QED) is 0.592. The van der Waals surface area contributed by atoms with Crippen molar-refractivity contribution in [1.82, 2.24) is 0 Å². The zero-order valence-corrected chi connectivity index (χ0v) is 8.13. The zero-order chi connectivity index (χ0) is 5.21. The molecule has 0 rings (SSSR count). The second kappa shape index (κ2) is 2.26. The Morgan fingerprint density at radius 3 is 1.50 bits per heavy atom. The molecule has 0 aliphatic heterocycles. The Kier molecular flexibility index (Phi) is 2.59. The molecule has 0 atom stereocenters. The van der Waals surface area contributed by atoms with Crippen molar-refractivity contribution in [3.63, 3.8) is 0 Å². The van der Waals surface area contributed by atoms with Crippen LogP contribution < -0.4 is 0 Å². The first kappa shape index (κ1) is 6.88. The van der Waals surface area contributed by atoms with Gasteiger partial charge in [0, 0.05) is 0 Å². The third kappa shape index (κ3) is 4.88. The monoisotopic (exact) mass is 280 g/mol. The summed E-state index contributed by atoms with van der Waals surface area (Å²) in [6, 6.07) is 0. The van der Waals surface area contributed by atoms with Crippen molar-refractivity contribution in [1.29, 1.82) is 0 Å². The summed E-state index contributed by atoms with van der Waals surface area (Å²) in [6.07, 6.45) is 0. The van der Waals surface area contributed by atoms with E-state index >= 15 is 0 Å². The summed E-state index contributed by atoms with van der Waals surface area (Å²) < 4.78 is 1.38. The molecule has 0 bridgehead atoms.